The van der Waals surface area contributed by atoms with Gasteiger partial charge in [-0.3, -0.25) is 4.57 Å². The van der Waals surface area contributed by atoms with Crippen LogP contribution in [0.4, 0.5) is 0 Å². The first-order valence-corrected chi connectivity index (χ1v) is 5.43. The maximum atomic E-state index is 11.6. The molecular weight excluding hydrogens is 214 g/mol. The molecule has 2 rings (SSSR count). The fourth-order valence-electron chi connectivity index (χ4n) is 1.47. The Bertz CT molecular complexity index is 612. The number of hydrogen-bond acceptors (Lipinski definition) is 4. The van der Waals surface area contributed by atoms with E-state index in [1.807, 2.05) is 20.8 Å². The molecule has 0 saturated heterocycles. The van der Waals surface area contributed by atoms with Gasteiger partial charge in [0.05, 0.1) is 5.39 Å². The first-order valence-electron chi connectivity index (χ1n) is 4.55. The Labute approximate surface area is 89.8 Å². The van der Waals surface area contributed by atoms with Crippen molar-refractivity contribution in [3.05, 3.63) is 32.4 Å². The van der Waals surface area contributed by atoms with Crippen LogP contribution in [0.5, 0.6) is 0 Å². The van der Waals surface area contributed by atoms with Gasteiger partial charge in [-0.2, -0.15) is 0 Å². The van der Waals surface area contributed by atoms with Crippen LogP contribution in [0.1, 0.15) is 20.8 Å². The van der Waals surface area contributed by atoms with Gasteiger partial charge in [-0.1, -0.05) is 0 Å². The number of aromatic nitrogens is 1. The summed E-state index contributed by atoms with van der Waals surface area (Å²) >= 11 is 1.37. The summed E-state index contributed by atoms with van der Waals surface area (Å²) in [5.41, 5.74) is -0.950. The van der Waals surface area contributed by atoms with Crippen molar-refractivity contribution in [1.82, 2.24) is 4.57 Å². The van der Waals surface area contributed by atoms with Crippen molar-refractivity contribution < 1.29 is 4.42 Å². The van der Waals surface area contributed by atoms with Gasteiger partial charge in [0.2, 0.25) is 0 Å². The Hall–Kier alpha value is -1.36. The van der Waals surface area contributed by atoms with E-state index in [1.165, 1.54) is 15.9 Å². The highest BCUT2D eigenvalue weighted by Gasteiger charge is 2.20. The van der Waals surface area contributed by atoms with E-state index in [-0.39, 0.29) is 0 Å². The molecule has 0 spiro atoms. The highest BCUT2D eigenvalue weighted by molar-refractivity contribution is 7.16. The molecule has 2 aromatic rings. The minimum absolute atomic E-state index is 0.391. The number of nitrogens with zero attached hydrogens (tertiary/aromatic N) is 1. The lowest BCUT2D eigenvalue weighted by Gasteiger charge is -2.21. The molecule has 0 amide bonds. The van der Waals surface area contributed by atoms with E-state index >= 15 is 0 Å². The van der Waals surface area contributed by atoms with Crippen molar-refractivity contribution in [2.24, 2.45) is 0 Å². The molecule has 0 aliphatic carbocycles. The third-order valence-electron chi connectivity index (χ3n) is 2.10. The molecule has 0 fully saturated rings. The van der Waals surface area contributed by atoms with Crippen LogP contribution < -0.4 is 11.4 Å². The predicted molar refractivity (Wildman–Crippen MR) is 59.6 cm³/mol. The van der Waals surface area contributed by atoms with Crippen LogP contribution in [0.2, 0.25) is 0 Å². The minimum atomic E-state index is -0.595. The maximum absolute atomic E-state index is 11.6. The largest absolute Gasteiger partial charge is 0.423 e. The van der Waals surface area contributed by atoms with Gasteiger partial charge in [0.1, 0.15) is 4.83 Å². The van der Waals surface area contributed by atoms with Gasteiger partial charge in [0.15, 0.2) is 0 Å². The summed E-state index contributed by atoms with van der Waals surface area (Å²) in [7, 11) is 0. The van der Waals surface area contributed by atoms with Gasteiger partial charge in [-0.15, -0.1) is 11.3 Å². The van der Waals surface area contributed by atoms with Crippen molar-refractivity contribution in [2.75, 3.05) is 0 Å². The van der Waals surface area contributed by atoms with Crippen molar-refractivity contribution >= 4 is 21.6 Å². The normalized spacial score (nSPS) is 12.2. The molecule has 5 heteroatoms. The second kappa shape index (κ2) is 3.06. The van der Waals surface area contributed by atoms with Gasteiger partial charge in [0, 0.05) is 5.54 Å². The van der Waals surface area contributed by atoms with E-state index < -0.39 is 16.9 Å². The lowest BCUT2D eigenvalue weighted by molar-refractivity contribution is 0.325. The molecule has 2 aromatic heterocycles. The first-order chi connectivity index (χ1) is 6.91. The van der Waals surface area contributed by atoms with Crippen LogP contribution >= 0.6 is 11.3 Å². The van der Waals surface area contributed by atoms with Crippen molar-refractivity contribution in [3.8, 4) is 0 Å². The number of thiophene rings is 1. The molecule has 2 heterocycles. The van der Waals surface area contributed by atoms with Crippen LogP contribution in [-0.2, 0) is 5.54 Å². The van der Waals surface area contributed by atoms with E-state index in [0.29, 0.717) is 10.2 Å². The van der Waals surface area contributed by atoms with Crippen LogP contribution in [0.3, 0.4) is 0 Å². The SMILES string of the molecule is CC(C)(C)n1c(=O)oc(=O)c2ccsc21. The summed E-state index contributed by atoms with van der Waals surface area (Å²) in [6.45, 7) is 5.69. The van der Waals surface area contributed by atoms with Crippen LogP contribution in [-0.4, -0.2) is 4.57 Å². The fraction of sp³-hybridized carbons (Fsp3) is 0.400. The molecule has 0 radical (unpaired) electrons. The monoisotopic (exact) mass is 225 g/mol. The lowest BCUT2D eigenvalue weighted by Crippen LogP contribution is -2.35. The highest BCUT2D eigenvalue weighted by Crippen LogP contribution is 2.22. The molecule has 0 unspecified atom stereocenters. The number of fused-ring (bicyclic) bond motifs is 1. The Kier molecular flexibility index (Phi) is 2.08. The molecule has 0 aliphatic heterocycles. The van der Waals surface area contributed by atoms with Gasteiger partial charge in [-0.05, 0) is 32.2 Å². The van der Waals surface area contributed by atoms with Gasteiger partial charge in [0.25, 0.3) is 0 Å². The van der Waals surface area contributed by atoms with E-state index in [2.05, 4.69) is 4.42 Å². The zero-order valence-electron chi connectivity index (χ0n) is 8.73. The van der Waals surface area contributed by atoms with Crippen LogP contribution in [0.15, 0.2) is 25.5 Å². The molecule has 0 N–H and O–H groups in total. The minimum Gasteiger partial charge on any atom is -0.372 e. The van der Waals surface area contributed by atoms with Gasteiger partial charge >= 0.3 is 11.4 Å². The zero-order chi connectivity index (χ0) is 11.2. The Morgan fingerprint density at radius 1 is 1.33 bits per heavy atom. The van der Waals surface area contributed by atoms with Crippen molar-refractivity contribution in [1.29, 1.82) is 0 Å². The third kappa shape index (κ3) is 1.52. The Morgan fingerprint density at radius 3 is 2.60 bits per heavy atom. The van der Waals surface area contributed by atoms with E-state index in [9.17, 15) is 9.59 Å². The second-order valence-electron chi connectivity index (χ2n) is 4.30. The Morgan fingerprint density at radius 2 is 2.00 bits per heavy atom. The molecule has 0 bridgehead atoms. The quantitative estimate of drug-likeness (QED) is 0.686. The van der Waals surface area contributed by atoms with Crippen molar-refractivity contribution in [2.45, 2.75) is 26.3 Å². The van der Waals surface area contributed by atoms with Crippen LogP contribution in [0.25, 0.3) is 10.2 Å². The number of hydrogen-bond donors (Lipinski definition) is 0. The standard InChI is InChI=1S/C10H11NO3S/c1-10(2,3)11-7-6(4-5-15-7)8(12)14-9(11)13/h4-5H,1-3H3. The molecular formula is C10H11NO3S. The van der Waals surface area contributed by atoms with E-state index in [0.717, 1.165) is 0 Å². The summed E-state index contributed by atoms with van der Waals surface area (Å²) in [5, 5.41) is 2.25. The van der Waals surface area contributed by atoms with Gasteiger partial charge in [-0.25, -0.2) is 9.59 Å². The summed E-state index contributed by atoms with van der Waals surface area (Å²) in [4.78, 5) is 23.6. The summed E-state index contributed by atoms with van der Waals surface area (Å²) in [6.07, 6.45) is 0. The molecule has 4 nitrogen and oxygen atoms in total. The summed E-state index contributed by atoms with van der Waals surface area (Å²) < 4.78 is 6.17. The number of rotatable bonds is 0. The highest BCUT2D eigenvalue weighted by atomic mass is 32.1. The fourth-order valence-corrected chi connectivity index (χ4v) is 2.54. The second-order valence-corrected chi connectivity index (χ2v) is 5.20. The summed E-state index contributed by atoms with van der Waals surface area (Å²) in [5.74, 6) is -0.595. The topological polar surface area (TPSA) is 52.2 Å². The molecule has 0 saturated carbocycles. The summed E-state index contributed by atoms with van der Waals surface area (Å²) in [6, 6.07) is 1.67. The average molecular weight is 225 g/mol. The lowest BCUT2D eigenvalue weighted by atomic mass is 10.1. The maximum Gasteiger partial charge on any atom is 0.423 e. The van der Waals surface area contributed by atoms with Gasteiger partial charge < -0.3 is 4.42 Å². The zero-order valence-corrected chi connectivity index (χ0v) is 9.55. The van der Waals surface area contributed by atoms with Crippen molar-refractivity contribution in [3.63, 3.8) is 0 Å². The Balaban J connectivity index is 3.02. The smallest absolute Gasteiger partial charge is 0.372 e. The van der Waals surface area contributed by atoms with Crippen LogP contribution in [0, 0.1) is 0 Å². The van der Waals surface area contributed by atoms with E-state index in [4.69, 9.17) is 0 Å². The van der Waals surface area contributed by atoms with E-state index in [1.54, 1.807) is 11.4 Å². The average Bonchev–Trinajstić information content (AvgIpc) is 2.49. The predicted octanol–water partition coefficient (Wildman–Crippen LogP) is 1.77. The molecule has 0 atom stereocenters. The third-order valence-corrected chi connectivity index (χ3v) is 3.00. The molecule has 0 aliphatic rings. The molecule has 80 valence electrons. The first kappa shape index (κ1) is 10.2. The molecule has 15 heavy (non-hydrogen) atoms. The molecule has 0 aromatic carbocycles.